The van der Waals surface area contributed by atoms with Crippen LogP contribution in [0, 0.1) is 5.92 Å². The Morgan fingerprint density at radius 1 is 0.925 bits per heavy atom. The van der Waals surface area contributed by atoms with Crippen LogP contribution in [0.1, 0.15) is 32.3 Å². The highest BCUT2D eigenvalue weighted by molar-refractivity contribution is 7.98. The maximum atomic E-state index is 10.6. The van der Waals surface area contributed by atoms with Crippen LogP contribution in [0.2, 0.25) is 0 Å². The number of likely N-dealkylation sites (tertiary alicyclic amines) is 1. The number of piperidine rings is 1. The number of rotatable bonds is 9. The molecule has 3 aromatic rings. The van der Waals surface area contributed by atoms with Gasteiger partial charge in [-0.1, -0.05) is 36.4 Å². The van der Waals surface area contributed by atoms with E-state index in [1.165, 1.54) is 34.4 Å². The summed E-state index contributed by atoms with van der Waals surface area (Å²) in [5, 5.41) is 7.12. The molecule has 9 heteroatoms. The van der Waals surface area contributed by atoms with Crippen LogP contribution in [0.5, 0.6) is 11.5 Å². The Morgan fingerprint density at radius 2 is 1.43 bits per heavy atom. The topological polar surface area (TPSA) is 59.0 Å². The lowest BCUT2D eigenvalue weighted by molar-refractivity contribution is -0.192. The lowest BCUT2D eigenvalue weighted by Gasteiger charge is -2.31. The standard InChI is InChI=1S/C29H35NO2S.C2HF3O2/c1-22(2)32-28-10-4-23(5-11-28)20-30-18-16-24(17-19-30)21-31-27-12-6-25(7-13-27)26-8-14-29(33-3)15-9-26;3-2(4,5)1(6)7/h4-15,22,24H,16-21H2,1-3H3;(H,6,7). The summed E-state index contributed by atoms with van der Waals surface area (Å²) in [5.41, 5.74) is 3.82. The molecule has 0 saturated carbocycles. The number of aliphatic carboxylic acids is 1. The average Bonchev–Trinajstić information content (AvgIpc) is 2.94. The second-order valence-corrected chi connectivity index (χ2v) is 10.8. The zero-order chi connectivity index (χ0) is 29.1. The third-order valence-corrected chi connectivity index (χ3v) is 7.16. The highest BCUT2D eigenvalue weighted by atomic mass is 32.2. The van der Waals surface area contributed by atoms with Crippen molar-refractivity contribution in [2.75, 3.05) is 26.0 Å². The summed E-state index contributed by atoms with van der Waals surface area (Å²) in [5.74, 6) is -0.217. The van der Waals surface area contributed by atoms with Crippen molar-refractivity contribution in [2.45, 2.75) is 50.4 Å². The van der Waals surface area contributed by atoms with E-state index in [0.717, 1.165) is 37.7 Å². The van der Waals surface area contributed by atoms with Crippen molar-refractivity contribution in [3.63, 3.8) is 0 Å². The number of alkyl halides is 3. The average molecular weight is 576 g/mol. The smallest absolute Gasteiger partial charge is 0.490 e. The van der Waals surface area contributed by atoms with Gasteiger partial charge in [0.05, 0.1) is 12.7 Å². The van der Waals surface area contributed by atoms with Gasteiger partial charge in [0.15, 0.2) is 0 Å². The summed E-state index contributed by atoms with van der Waals surface area (Å²) in [4.78, 5) is 12.7. The van der Waals surface area contributed by atoms with Crippen LogP contribution in [0.25, 0.3) is 11.1 Å². The van der Waals surface area contributed by atoms with Crippen LogP contribution in [-0.2, 0) is 11.3 Å². The van der Waals surface area contributed by atoms with E-state index >= 15 is 0 Å². The summed E-state index contributed by atoms with van der Waals surface area (Å²) >= 11 is 1.77. The maximum absolute atomic E-state index is 10.6. The number of benzene rings is 3. The first-order valence-corrected chi connectivity index (χ1v) is 14.4. The summed E-state index contributed by atoms with van der Waals surface area (Å²) in [6, 6.07) is 25.8. The fourth-order valence-electron chi connectivity index (χ4n) is 4.26. The molecular weight excluding hydrogens is 539 g/mol. The predicted molar refractivity (Wildman–Crippen MR) is 153 cm³/mol. The quantitative estimate of drug-likeness (QED) is 0.263. The fraction of sp³-hybridized carbons (Fsp3) is 0.387. The molecule has 1 heterocycles. The molecule has 1 fully saturated rings. The highest BCUT2D eigenvalue weighted by Gasteiger charge is 2.38. The SMILES string of the molecule is CSc1ccc(-c2ccc(OCC3CCN(Cc4ccc(OC(C)C)cc4)CC3)cc2)cc1.O=C(O)C(F)(F)F. The van der Waals surface area contributed by atoms with Crippen molar-refractivity contribution in [3.05, 3.63) is 78.4 Å². The van der Waals surface area contributed by atoms with Crippen molar-refractivity contribution in [1.82, 2.24) is 4.90 Å². The molecule has 4 rings (SSSR count). The fourth-order valence-corrected chi connectivity index (χ4v) is 4.66. The van der Waals surface area contributed by atoms with Crippen molar-refractivity contribution in [1.29, 1.82) is 0 Å². The Bertz CT molecular complexity index is 1180. The van der Waals surface area contributed by atoms with Crippen LogP contribution in [0.4, 0.5) is 13.2 Å². The van der Waals surface area contributed by atoms with E-state index in [1.54, 1.807) is 11.8 Å². The van der Waals surface area contributed by atoms with Crippen molar-refractivity contribution < 1.29 is 32.5 Å². The predicted octanol–water partition coefficient (Wildman–Crippen LogP) is 7.79. The molecule has 216 valence electrons. The van der Waals surface area contributed by atoms with Crippen LogP contribution in [0.3, 0.4) is 0 Å². The summed E-state index contributed by atoms with van der Waals surface area (Å²) in [6.45, 7) is 8.18. The normalized spacial score (nSPS) is 14.4. The Hall–Kier alpha value is -3.17. The first kappa shape index (κ1) is 31.4. The number of halogens is 3. The molecule has 3 aromatic carbocycles. The number of hydrogen-bond donors (Lipinski definition) is 1. The molecule has 40 heavy (non-hydrogen) atoms. The van der Waals surface area contributed by atoms with E-state index in [0.29, 0.717) is 5.92 Å². The summed E-state index contributed by atoms with van der Waals surface area (Å²) < 4.78 is 43.6. The van der Waals surface area contributed by atoms with Gasteiger partial charge in [-0.15, -0.1) is 11.8 Å². The zero-order valence-corrected chi connectivity index (χ0v) is 23.8. The number of thioether (sulfide) groups is 1. The van der Waals surface area contributed by atoms with Gasteiger partial charge in [-0.2, -0.15) is 13.2 Å². The van der Waals surface area contributed by atoms with Gasteiger partial charge in [-0.25, -0.2) is 4.79 Å². The Morgan fingerprint density at radius 3 is 1.90 bits per heavy atom. The first-order chi connectivity index (χ1) is 19.0. The van der Waals surface area contributed by atoms with Gasteiger partial charge >= 0.3 is 12.1 Å². The number of hydrogen-bond acceptors (Lipinski definition) is 5. The van der Waals surface area contributed by atoms with Gasteiger partial charge in [0.25, 0.3) is 0 Å². The lowest BCUT2D eigenvalue weighted by atomic mass is 9.97. The number of nitrogens with zero attached hydrogens (tertiary/aromatic N) is 1. The van der Waals surface area contributed by atoms with E-state index < -0.39 is 12.1 Å². The maximum Gasteiger partial charge on any atom is 0.490 e. The van der Waals surface area contributed by atoms with E-state index in [9.17, 15) is 13.2 Å². The molecule has 0 spiro atoms. The number of ether oxygens (including phenoxy) is 2. The number of carboxylic acid groups (broad SMARTS) is 1. The van der Waals surface area contributed by atoms with Crippen molar-refractivity contribution >= 4 is 17.7 Å². The van der Waals surface area contributed by atoms with Gasteiger partial charge in [-0.3, -0.25) is 4.90 Å². The Labute approximate surface area is 238 Å². The second-order valence-electron chi connectivity index (χ2n) is 9.90. The third kappa shape index (κ3) is 10.4. The minimum atomic E-state index is -5.08. The molecule has 1 N–H and O–H groups in total. The van der Waals surface area contributed by atoms with Crippen LogP contribution < -0.4 is 9.47 Å². The largest absolute Gasteiger partial charge is 0.493 e. The van der Waals surface area contributed by atoms with Gasteiger partial charge in [0, 0.05) is 11.4 Å². The minimum absolute atomic E-state index is 0.215. The monoisotopic (exact) mass is 575 g/mol. The van der Waals surface area contributed by atoms with Crippen LogP contribution in [-0.4, -0.2) is 54.2 Å². The molecule has 0 aliphatic carbocycles. The second kappa shape index (κ2) is 15.0. The van der Waals surface area contributed by atoms with Gasteiger partial charge < -0.3 is 14.6 Å². The molecular formula is C31H36F3NO4S. The molecule has 1 saturated heterocycles. The van der Waals surface area contributed by atoms with Crippen molar-refractivity contribution in [2.24, 2.45) is 5.92 Å². The van der Waals surface area contributed by atoms with E-state index in [2.05, 4.69) is 97.8 Å². The molecule has 0 radical (unpaired) electrons. The van der Waals surface area contributed by atoms with E-state index in [-0.39, 0.29) is 6.10 Å². The number of carboxylic acids is 1. The van der Waals surface area contributed by atoms with Gasteiger partial charge in [0.1, 0.15) is 11.5 Å². The molecule has 5 nitrogen and oxygen atoms in total. The minimum Gasteiger partial charge on any atom is -0.493 e. The highest BCUT2D eigenvalue weighted by Crippen LogP contribution is 2.26. The first-order valence-electron chi connectivity index (χ1n) is 13.2. The Balaban J connectivity index is 0.000000559. The zero-order valence-electron chi connectivity index (χ0n) is 23.0. The molecule has 0 unspecified atom stereocenters. The van der Waals surface area contributed by atoms with Crippen LogP contribution >= 0.6 is 11.8 Å². The third-order valence-electron chi connectivity index (χ3n) is 6.41. The molecule has 0 bridgehead atoms. The summed E-state index contributed by atoms with van der Waals surface area (Å²) in [7, 11) is 0. The van der Waals surface area contributed by atoms with Crippen LogP contribution in [0.15, 0.2) is 77.7 Å². The van der Waals surface area contributed by atoms with Gasteiger partial charge in [0.2, 0.25) is 0 Å². The van der Waals surface area contributed by atoms with Gasteiger partial charge in [-0.05, 0) is 105 Å². The molecule has 1 aliphatic rings. The molecule has 0 amide bonds. The molecule has 0 atom stereocenters. The summed E-state index contributed by atoms with van der Waals surface area (Å²) in [6.07, 6.45) is -0.386. The van der Waals surface area contributed by atoms with E-state index in [1.807, 2.05) is 0 Å². The molecule has 0 aromatic heterocycles. The van der Waals surface area contributed by atoms with E-state index in [4.69, 9.17) is 19.4 Å². The number of carbonyl (C=O) groups is 1. The lowest BCUT2D eigenvalue weighted by Crippen LogP contribution is -2.35. The van der Waals surface area contributed by atoms with Crippen molar-refractivity contribution in [3.8, 4) is 22.6 Å². The molecule has 1 aliphatic heterocycles. The Kier molecular flexibility index (Phi) is 11.8.